The fourth-order valence-corrected chi connectivity index (χ4v) is 4.50. The maximum absolute atomic E-state index is 4.90. The van der Waals surface area contributed by atoms with Crippen molar-refractivity contribution in [3.05, 3.63) is 11.6 Å². The summed E-state index contributed by atoms with van der Waals surface area (Å²) in [5.74, 6) is 4.11. The molecule has 1 aromatic heterocycles. The van der Waals surface area contributed by atoms with E-state index in [4.69, 9.17) is 4.99 Å². The highest BCUT2D eigenvalue weighted by Crippen LogP contribution is 2.45. The number of nitrogens with one attached hydrogen (secondary N) is 1. The second kappa shape index (κ2) is 10.1. The van der Waals surface area contributed by atoms with Gasteiger partial charge in [0.25, 0.3) is 0 Å². The Bertz CT molecular complexity index is 597. The summed E-state index contributed by atoms with van der Waals surface area (Å²) in [6, 6.07) is 0. The van der Waals surface area contributed by atoms with Gasteiger partial charge in [0.05, 0.1) is 0 Å². The summed E-state index contributed by atoms with van der Waals surface area (Å²) in [5.41, 5.74) is 0.559. The smallest absolute Gasteiger partial charge is 0.194 e. The van der Waals surface area contributed by atoms with Gasteiger partial charge in [-0.05, 0) is 50.0 Å². The molecule has 1 N–H and O–H groups in total. The van der Waals surface area contributed by atoms with Crippen LogP contribution in [0.3, 0.4) is 0 Å². The number of guanidine groups is 1. The van der Waals surface area contributed by atoms with E-state index >= 15 is 0 Å². The van der Waals surface area contributed by atoms with Crippen molar-refractivity contribution < 1.29 is 0 Å². The number of halogens is 1. The van der Waals surface area contributed by atoms with E-state index in [0.717, 1.165) is 30.7 Å². The van der Waals surface area contributed by atoms with Gasteiger partial charge in [-0.15, -0.1) is 34.2 Å². The lowest BCUT2D eigenvalue weighted by Gasteiger charge is -2.26. The van der Waals surface area contributed by atoms with Gasteiger partial charge in [-0.2, -0.15) is 11.8 Å². The van der Waals surface area contributed by atoms with E-state index in [1.807, 2.05) is 30.3 Å². The maximum atomic E-state index is 4.90. The number of aliphatic imine (C=N–C) groups is 1. The fraction of sp³-hybridized carbons (Fsp3) is 0.833. The zero-order valence-electron chi connectivity index (χ0n) is 16.3. The standard InChI is InChI=1S/C18H32N6S.HI/c1-15-21-22-16(23(15)2)13-20-17(19-10-6-12-25-3)24-11-9-18(14-24)7-4-5-8-18;/h4-14H2,1-3H3,(H,19,20);1H. The Hall–Kier alpha value is -0.510. The molecule has 8 heteroatoms. The van der Waals surface area contributed by atoms with Crippen LogP contribution in [0, 0.1) is 12.3 Å². The number of likely N-dealkylation sites (tertiary alicyclic amines) is 1. The molecule has 0 aromatic carbocycles. The third-order valence-electron chi connectivity index (χ3n) is 5.76. The molecule has 2 fully saturated rings. The minimum atomic E-state index is 0. The maximum Gasteiger partial charge on any atom is 0.194 e. The molecule has 0 amide bonds. The van der Waals surface area contributed by atoms with Gasteiger partial charge in [-0.3, -0.25) is 0 Å². The highest BCUT2D eigenvalue weighted by molar-refractivity contribution is 14.0. The molecule has 1 saturated carbocycles. The molecule has 0 unspecified atom stereocenters. The van der Waals surface area contributed by atoms with E-state index in [2.05, 4.69) is 26.7 Å². The lowest BCUT2D eigenvalue weighted by Crippen LogP contribution is -2.41. The SMILES string of the molecule is CSCCCNC(=NCc1nnc(C)n1C)N1CCC2(CCCC2)C1.I. The van der Waals surface area contributed by atoms with E-state index in [1.54, 1.807) is 0 Å². The summed E-state index contributed by atoms with van der Waals surface area (Å²) < 4.78 is 2.03. The van der Waals surface area contributed by atoms with Crippen LogP contribution in [0.1, 0.15) is 50.2 Å². The molecular weight excluding hydrogens is 459 g/mol. The molecule has 0 radical (unpaired) electrons. The number of nitrogens with zero attached hydrogens (tertiary/aromatic N) is 5. The largest absolute Gasteiger partial charge is 0.356 e. The minimum absolute atomic E-state index is 0. The predicted octanol–water partition coefficient (Wildman–Crippen LogP) is 3.21. The predicted molar refractivity (Wildman–Crippen MR) is 120 cm³/mol. The van der Waals surface area contributed by atoms with E-state index < -0.39 is 0 Å². The van der Waals surface area contributed by atoms with Gasteiger partial charge in [0.2, 0.25) is 0 Å². The quantitative estimate of drug-likeness (QED) is 0.286. The molecule has 6 nitrogen and oxygen atoms in total. The molecular formula is C18H33IN6S. The number of hydrogen-bond acceptors (Lipinski definition) is 4. The first kappa shape index (κ1) is 21.8. The average molecular weight is 492 g/mol. The average Bonchev–Trinajstić information content (AvgIpc) is 3.32. The first-order valence-electron chi connectivity index (χ1n) is 9.51. The normalized spacial score (nSPS) is 19.2. The van der Waals surface area contributed by atoms with E-state index in [1.165, 1.54) is 50.8 Å². The number of thioether (sulfide) groups is 1. The number of aromatic nitrogens is 3. The van der Waals surface area contributed by atoms with Crippen molar-refractivity contribution in [3.8, 4) is 0 Å². The first-order valence-corrected chi connectivity index (χ1v) is 10.9. The van der Waals surface area contributed by atoms with Crippen LogP contribution >= 0.6 is 35.7 Å². The molecule has 1 saturated heterocycles. The Kier molecular flexibility index (Phi) is 8.50. The Morgan fingerprint density at radius 3 is 2.69 bits per heavy atom. The molecule has 26 heavy (non-hydrogen) atoms. The van der Waals surface area contributed by atoms with Crippen molar-refractivity contribution in [2.75, 3.05) is 31.6 Å². The molecule has 2 aliphatic rings. The molecule has 1 aliphatic heterocycles. The van der Waals surface area contributed by atoms with Crippen LogP contribution in [0.15, 0.2) is 4.99 Å². The van der Waals surface area contributed by atoms with Gasteiger partial charge >= 0.3 is 0 Å². The fourth-order valence-electron chi connectivity index (χ4n) is 4.07. The summed E-state index contributed by atoms with van der Waals surface area (Å²) >= 11 is 1.90. The highest BCUT2D eigenvalue weighted by Gasteiger charge is 2.41. The van der Waals surface area contributed by atoms with Crippen molar-refractivity contribution in [3.63, 3.8) is 0 Å². The lowest BCUT2D eigenvalue weighted by atomic mass is 9.86. The topological polar surface area (TPSA) is 58.3 Å². The van der Waals surface area contributed by atoms with Gasteiger partial charge in [0, 0.05) is 26.7 Å². The van der Waals surface area contributed by atoms with Crippen LogP contribution in [0.2, 0.25) is 0 Å². The Balaban J connectivity index is 0.00000243. The van der Waals surface area contributed by atoms with Crippen LogP contribution < -0.4 is 5.32 Å². The number of aryl methyl sites for hydroxylation is 1. The van der Waals surface area contributed by atoms with Crippen molar-refractivity contribution in [1.82, 2.24) is 25.0 Å². The number of hydrogen-bond donors (Lipinski definition) is 1. The van der Waals surface area contributed by atoms with Crippen LogP contribution in [0.4, 0.5) is 0 Å². The van der Waals surface area contributed by atoms with E-state index in [9.17, 15) is 0 Å². The molecule has 148 valence electrons. The molecule has 1 spiro atoms. The molecule has 1 aliphatic carbocycles. The Morgan fingerprint density at radius 1 is 1.27 bits per heavy atom. The summed E-state index contributed by atoms with van der Waals surface area (Å²) in [7, 11) is 2.01. The highest BCUT2D eigenvalue weighted by atomic mass is 127. The van der Waals surface area contributed by atoms with Gasteiger partial charge in [-0.25, -0.2) is 4.99 Å². The molecule has 3 rings (SSSR count). The second-order valence-electron chi connectivity index (χ2n) is 7.51. The van der Waals surface area contributed by atoms with E-state index in [0.29, 0.717) is 12.0 Å². The third kappa shape index (κ3) is 5.27. The summed E-state index contributed by atoms with van der Waals surface area (Å²) in [4.78, 5) is 7.38. The lowest BCUT2D eigenvalue weighted by molar-refractivity contribution is 0.309. The van der Waals surface area contributed by atoms with Crippen LogP contribution in [-0.2, 0) is 13.6 Å². The van der Waals surface area contributed by atoms with Crippen LogP contribution in [-0.4, -0.2) is 57.3 Å². The monoisotopic (exact) mass is 492 g/mol. The summed E-state index contributed by atoms with van der Waals surface area (Å²) in [6.07, 6.45) is 10.2. The zero-order valence-corrected chi connectivity index (χ0v) is 19.5. The van der Waals surface area contributed by atoms with Crippen molar-refractivity contribution >= 4 is 41.7 Å². The first-order chi connectivity index (χ1) is 12.1. The summed E-state index contributed by atoms with van der Waals surface area (Å²) in [6.45, 7) is 5.85. The summed E-state index contributed by atoms with van der Waals surface area (Å²) in [5, 5.41) is 12.0. The molecule has 1 aromatic rings. The molecule has 0 bridgehead atoms. The van der Waals surface area contributed by atoms with E-state index in [-0.39, 0.29) is 24.0 Å². The van der Waals surface area contributed by atoms with Crippen molar-refractivity contribution in [1.29, 1.82) is 0 Å². The van der Waals surface area contributed by atoms with Crippen molar-refractivity contribution in [2.24, 2.45) is 17.5 Å². The van der Waals surface area contributed by atoms with Crippen LogP contribution in [0.5, 0.6) is 0 Å². The third-order valence-corrected chi connectivity index (χ3v) is 6.46. The van der Waals surface area contributed by atoms with Crippen LogP contribution in [0.25, 0.3) is 0 Å². The van der Waals surface area contributed by atoms with Gasteiger partial charge < -0.3 is 14.8 Å². The minimum Gasteiger partial charge on any atom is -0.356 e. The number of rotatable bonds is 6. The van der Waals surface area contributed by atoms with Gasteiger partial charge in [0.1, 0.15) is 12.4 Å². The van der Waals surface area contributed by atoms with Crippen molar-refractivity contribution in [2.45, 2.75) is 52.0 Å². The Morgan fingerprint density at radius 2 is 2.04 bits per heavy atom. The van der Waals surface area contributed by atoms with Gasteiger partial charge in [-0.1, -0.05) is 12.8 Å². The Labute approximate surface area is 179 Å². The molecule has 0 atom stereocenters. The second-order valence-corrected chi connectivity index (χ2v) is 8.50. The zero-order chi connectivity index (χ0) is 17.7. The molecule has 2 heterocycles. The van der Waals surface area contributed by atoms with Gasteiger partial charge in [0.15, 0.2) is 11.8 Å².